The first-order chi connectivity index (χ1) is 10.6. The number of aryl methyl sites for hydroxylation is 1. The van der Waals surface area contributed by atoms with E-state index in [2.05, 4.69) is 12.2 Å². The van der Waals surface area contributed by atoms with E-state index in [-0.39, 0.29) is 17.7 Å². The summed E-state index contributed by atoms with van der Waals surface area (Å²) in [6, 6.07) is 7.69. The molecule has 1 aliphatic heterocycles. The lowest BCUT2D eigenvalue weighted by Gasteiger charge is -2.31. The van der Waals surface area contributed by atoms with Crippen LogP contribution in [0.2, 0.25) is 0 Å². The van der Waals surface area contributed by atoms with Crippen LogP contribution in [0.4, 0.5) is 0 Å². The normalized spacial score (nSPS) is 15.6. The molecule has 1 saturated heterocycles. The third-order valence-corrected chi connectivity index (χ3v) is 4.25. The zero-order chi connectivity index (χ0) is 15.9. The number of carbonyl (C=O) groups excluding carboxylic acids is 2. The molecule has 4 heteroatoms. The molecule has 0 saturated carbocycles. The minimum Gasteiger partial charge on any atom is -0.356 e. The summed E-state index contributed by atoms with van der Waals surface area (Å²) in [6.07, 6.45) is 3.63. The molecule has 0 aliphatic carbocycles. The fraction of sp³-hybridized carbons (Fsp3) is 0.556. The SMILES string of the molecule is CCCCNC(=O)C1CCN(C(=O)c2cccc(C)c2)CC1. The maximum Gasteiger partial charge on any atom is 0.253 e. The second kappa shape index (κ2) is 7.97. The molecular formula is C18H26N2O2. The Hall–Kier alpha value is -1.84. The molecule has 120 valence electrons. The second-order valence-electron chi connectivity index (χ2n) is 6.08. The predicted octanol–water partition coefficient (Wildman–Crippen LogP) is 2.76. The summed E-state index contributed by atoms with van der Waals surface area (Å²) < 4.78 is 0. The van der Waals surface area contributed by atoms with E-state index in [1.54, 1.807) is 0 Å². The molecule has 0 spiro atoms. The average molecular weight is 302 g/mol. The van der Waals surface area contributed by atoms with Gasteiger partial charge in [-0.1, -0.05) is 31.0 Å². The summed E-state index contributed by atoms with van der Waals surface area (Å²) in [6.45, 7) is 6.19. The van der Waals surface area contributed by atoms with Crippen molar-refractivity contribution in [3.63, 3.8) is 0 Å². The van der Waals surface area contributed by atoms with Crippen molar-refractivity contribution in [2.24, 2.45) is 5.92 Å². The maximum absolute atomic E-state index is 12.5. The van der Waals surface area contributed by atoms with Gasteiger partial charge in [0.1, 0.15) is 0 Å². The van der Waals surface area contributed by atoms with Crippen LogP contribution in [0.3, 0.4) is 0 Å². The van der Waals surface area contributed by atoms with Crippen LogP contribution in [0, 0.1) is 12.8 Å². The first-order valence-electron chi connectivity index (χ1n) is 8.25. The van der Waals surface area contributed by atoms with Crippen LogP contribution in [-0.2, 0) is 4.79 Å². The molecule has 1 fully saturated rings. The first kappa shape index (κ1) is 16.5. The van der Waals surface area contributed by atoms with E-state index in [9.17, 15) is 9.59 Å². The lowest BCUT2D eigenvalue weighted by Crippen LogP contribution is -2.43. The quantitative estimate of drug-likeness (QED) is 0.850. The molecule has 0 aromatic heterocycles. The van der Waals surface area contributed by atoms with Crippen molar-refractivity contribution >= 4 is 11.8 Å². The fourth-order valence-electron chi connectivity index (χ4n) is 2.84. The molecule has 1 aromatic carbocycles. The van der Waals surface area contributed by atoms with Gasteiger partial charge in [-0.3, -0.25) is 9.59 Å². The van der Waals surface area contributed by atoms with E-state index in [0.29, 0.717) is 13.1 Å². The standard InChI is InChI=1S/C18H26N2O2/c1-3-4-10-19-17(21)15-8-11-20(12-9-15)18(22)16-7-5-6-14(2)13-16/h5-7,13,15H,3-4,8-12H2,1-2H3,(H,19,21). The van der Waals surface area contributed by atoms with Crippen molar-refractivity contribution in [1.29, 1.82) is 0 Å². The van der Waals surface area contributed by atoms with Gasteiger partial charge < -0.3 is 10.2 Å². The summed E-state index contributed by atoms with van der Waals surface area (Å²) in [5, 5.41) is 2.99. The minimum absolute atomic E-state index is 0.0541. The Labute approximate surface area is 132 Å². The average Bonchev–Trinajstić information content (AvgIpc) is 2.54. The van der Waals surface area contributed by atoms with Gasteiger partial charge in [-0.15, -0.1) is 0 Å². The fourth-order valence-corrected chi connectivity index (χ4v) is 2.84. The number of rotatable bonds is 5. The smallest absolute Gasteiger partial charge is 0.253 e. The number of benzene rings is 1. The van der Waals surface area contributed by atoms with Crippen molar-refractivity contribution in [1.82, 2.24) is 10.2 Å². The molecule has 4 nitrogen and oxygen atoms in total. The highest BCUT2D eigenvalue weighted by Gasteiger charge is 2.27. The van der Waals surface area contributed by atoms with Crippen LogP contribution in [0.25, 0.3) is 0 Å². The summed E-state index contributed by atoms with van der Waals surface area (Å²) in [5.74, 6) is 0.281. The van der Waals surface area contributed by atoms with Crippen molar-refractivity contribution in [2.45, 2.75) is 39.5 Å². The van der Waals surface area contributed by atoms with Gasteiger partial charge in [0.2, 0.25) is 5.91 Å². The number of piperidine rings is 1. The zero-order valence-electron chi connectivity index (χ0n) is 13.6. The van der Waals surface area contributed by atoms with Crippen molar-refractivity contribution in [2.75, 3.05) is 19.6 Å². The molecule has 1 N–H and O–H groups in total. The monoisotopic (exact) mass is 302 g/mol. The Bertz CT molecular complexity index is 520. The number of carbonyl (C=O) groups is 2. The minimum atomic E-state index is 0.0541. The number of nitrogens with zero attached hydrogens (tertiary/aromatic N) is 1. The summed E-state index contributed by atoms with van der Waals surface area (Å²) in [5.41, 5.74) is 1.84. The van der Waals surface area contributed by atoms with Crippen LogP contribution in [0.15, 0.2) is 24.3 Å². The number of hydrogen-bond acceptors (Lipinski definition) is 2. The number of hydrogen-bond donors (Lipinski definition) is 1. The van der Waals surface area contributed by atoms with Crippen LogP contribution < -0.4 is 5.32 Å². The predicted molar refractivity (Wildman–Crippen MR) is 87.7 cm³/mol. The third-order valence-electron chi connectivity index (χ3n) is 4.25. The van der Waals surface area contributed by atoms with E-state index in [1.807, 2.05) is 36.1 Å². The Morgan fingerprint density at radius 2 is 2.00 bits per heavy atom. The summed E-state index contributed by atoms with van der Waals surface area (Å²) in [7, 11) is 0. The Balaban J connectivity index is 1.84. The van der Waals surface area contributed by atoms with Gasteiger partial charge in [0, 0.05) is 31.1 Å². The molecule has 1 heterocycles. The molecule has 22 heavy (non-hydrogen) atoms. The number of amides is 2. The van der Waals surface area contributed by atoms with Crippen LogP contribution in [0.1, 0.15) is 48.5 Å². The van der Waals surface area contributed by atoms with E-state index < -0.39 is 0 Å². The Morgan fingerprint density at radius 1 is 1.27 bits per heavy atom. The molecule has 0 bridgehead atoms. The van der Waals surface area contributed by atoms with Gasteiger partial charge >= 0.3 is 0 Å². The summed E-state index contributed by atoms with van der Waals surface area (Å²) in [4.78, 5) is 26.4. The molecular weight excluding hydrogens is 276 g/mol. The van der Waals surface area contributed by atoms with Gasteiger partial charge in [-0.2, -0.15) is 0 Å². The maximum atomic E-state index is 12.5. The zero-order valence-corrected chi connectivity index (χ0v) is 13.6. The van der Waals surface area contributed by atoms with Gasteiger partial charge in [-0.05, 0) is 38.3 Å². The molecule has 0 unspecified atom stereocenters. The van der Waals surface area contributed by atoms with E-state index in [1.165, 1.54) is 0 Å². The van der Waals surface area contributed by atoms with Crippen LogP contribution in [0.5, 0.6) is 0 Å². The van der Waals surface area contributed by atoms with Gasteiger partial charge in [-0.25, -0.2) is 0 Å². The first-order valence-corrected chi connectivity index (χ1v) is 8.25. The molecule has 2 amide bonds. The molecule has 0 radical (unpaired) electrons. The lowest BCUT2D eigenvalue weighted by molar-refractivity contribution is -0.126. The van der Waals surface area contributed by atoms with Crippen LogP contribution >= 0.6 is 0 Å². The van der Waals surface area contributed by atoms with Gasteiger partial charge in [0.25, 0.3) is 5.91 Å². The largest absolute Gasteiger partial charge is 0.356 e. The number of likely N-dealkylation sites (tertiary alicyclic amines) is 1. The van der Waals surface area contributed by atoms with E-state index >= 15 is 0 Å². The Kier molecular flexibility index (Phi) is 5.99. The van der Waals surface area contributed by atoms with Crippen LogP contribution in [-0.4, -0.2) is 36.3 Å². The molecule has 2 rings (SSSR count). The number of unbranched alkanes of at least 4 members (excludes halogenated alkanes) is 1. The van der Waals surface area contributed by atoms with Crippen molar-refractivity contribution in [3.05, 3.63) is 35.4 Å². The lowest BCUT2D eigenvalue weighted by atomic mass is 9.95. The highest BCUT2D eigenvalue weighted by molar-refractivity contribution is 5.94. The topological polar surface area (TPSA) is 49.4 Å². The highest BCUT2D eigenvalue weighted by atomic mass is 16.2. The molecule has 1 aromatic rings. The van der Waals surface area contributed by atoms with Crippen molar-refractivity contribution < 1.29 is 9.59 Å². The molecule has 1 aliphatic rings. The highest BCUT2D eigenvalue weighted by Crippen LogP contribution is 2.19. The third kappa shape index (κ3) is 4.33. The number of nitrogens with one attached hydrogen (secondary N) is 1. The second-order valence-corrected chi connectivity index (χ2v) is 6.08. The Morgan fingerprint density at radius 3 is 2.64 bits per heavy atom. The van der Waals surface area contributed by atoms with Gasteiger partial charge in [0.15, 0.2) is 0 Å². The van der Waals surface area contributed by atoms with E-state index in [4.69, 9.17) is 0 Å². The summed E-state index contributed by atoms with van der Waals surface area (Å²) >= 11 is 0. The van der Waals surface area contributed by atoms with Crippen molar-refractivity contribution in [3.8, 4) is 0 Å². The molecule has 0 atom stereocenters. The van der Waals surface area contributed by atoms with Gasteiger partial charge in [0.05, 0.1) is 0 Å². The van der Waals surface area contributed by atoms with E-state index in [0.717, 1.165) is 43.4 Å².